The average Bonchev–Trinajstić information content (AvgIpc) is 3.24. The van der Waals surface area contributed by atoms with Crippen molar-refractivity contribution in [3.8, 4) is 11.4 Å². The van der Waals surface area contributed by atoms with Gasteiger partial charge in [-0.1, -0.05) is 17.7 Å². The van der Waals surface area contributed by atoms with Crippen LogP contribution >= 0.6 is 23.8 Å². The van der Waals surface area contributed by atoms with Crippen LogP contribution < -0.4 is 10.1 Å². The fourth-order valence-corrected chi connectivity index (χ4v) is 5.17. The summed E-state index contributed by atoms with van der Waals surface area (Å²) in [5.74, 6) is 0.778. The quantitative estimate of drug-likeness (QED) is 0.513. The van der Waals surface area contributed by atoms with Crippen LogP contribution in [-0.4, -0.2) is 32.7 Å². The predicted molar refractivity (Wildman–Crippen MR) is 129 cm³/mol. The largest absolute Gasteiger partial charge is 0.495 e. The number of aryl methyl sites for hydroxylation is 1. The number of rotatable bonds is 5. The molecule has 3 heterocycles. The van der Waals surface area contributed by atoms with Gasteiger partial charge in [-0.05, 0) is 81.9 Å². The van der Waals surface area contributed by atoms with Crippen molar-refractivity contribution in [2.75, 3.05) is 7.11 Å². The molecule has 0 amide bonds. The van der Waals surface area contributed by atoms with Crippen molar-refractivity contribution in [1.29, 1.82) is 0 Å². The van der Waals surface area contributed by atoms with E-state index < -0.39 is 0 Å². The molecule has 0 aliphatic carbocycles. The Labute approximate surface area is 194 Å². The Bertz CT molecular complexity index is 1110. The van der Waals surface area contributed by atoms with Crippen LogP contribution in [0.25, 0.3) is 5.69 Å². The lowest BCUT2D eigenvalue weighted by Gasteiger charge is -2.31. The highest BCUT2D eigenvalue weighted by molar-refractivity contribution is 7.80. The molecule has 4 rings (SSSR count). The summed E-state index contributed by atoms with van der Waals surface area (Å²) in [7, 11) is 1.68. The van der Waals surface area contributed by atoms with E-state index in [1.165, 1.54) is 5.56 Å². The van der Waals surface area contributed by atoms with E-state index in [9.17, 15) is 0 Å². The van der Waals surface area contributed by atoms with E-state index in [4.69, 9.17) is 28.6 Å². The average molecular weight is 455 g/mol. The molecular weight excluding hydrogens is 428 g/mol. The molecule has 1 aliphatic rings. The van der Waals surface area contributed by atoms with Crippen LogP contribution in [-0.2, 0) is 0 Å². The molecule has 1 fully saturated rings. The van der Waals surface area contributed by atoms with Gasteiger partial charge in [-0.25, -0.2) is 0 Å². The van der Waals surface area contributed by atoms with Crippen molar-refractivity contribution in [2.45, 2.75) is 45.8 Å². The number of hydrogen-bond donors (Lipinski definition) is 1. The molecule has 0 spiro atoms. The van der Waals surface area contributed by atoms with Crippen molar-refractivity contribution < 1.29 is 4.74 Å². The van der Waals surface area contributed by atoms with Crippen LogP contribution in [0.4, 0.5) is 0 Å². The summed E-state index contributed by atoms with van der Waals surface area (Å²) in [4.78, 5) is 6.90. The molecule has 1 aliphatic heterocycles. The molecule has 1 N–H and O–H groups in total. The van der Waals surface area contributed by atoms with Gasteiger partial charge in [0.1, 0.15) is 5.75 Å². The van der Waals surface area contributed by atoms with Crippen molar-refractivity contribution in [3.05, 3.63) is 76.3 Å². The summed E-state index contributed by atoms with van der Waals surface area (Å²) in [6.07, 6.45) is 1.83. The molecular formula is C24H27ClN4OS. The van der Waals surface area contributed by atoms with Gasteiger partial charge in [0.25, 0.3) is 0 Å². The number of pyridine rings is 1. The second-order valence-corrected chi connectivity index (χ2v) is 8.93. The number of aromatic nitrogens is 2. The normalized spacial score (nSPS) is 18.5. The second-order valence-electron chi connectivity index (χ2n) is 8.11. The standard InChI is InChI=1S/C24H27ClN4OS/c1-14(2)28-23(22(27-24(28)31)19-8-6-7-11-26-19)18-12-15(3)29(16(18)4)20-13-17(25)9-10-21(20)30-5/h6-14,22-23H,1-5H3,(H,27,31). The Balaban J connectivity index is 1.89. The minimum atomic E-state index is -0.0358. The zero-order valence-corrected chi connectivity index (χ0v) is 20.0. The number of thiocarbonyl (C=S) groups is 1. The Hall–Kier alpha value is -2.57. The minimum Gasteiger partial charge on any atom is -0.495 e. The van der Waals surface area contributed by atoms with Crippen molar-refractivity contribution in [3.63, 3.8) is 0 Å². The number of ether oxygens (including phenoxy) is 1. The lowest BCUT2D eigenvalue weighted by Crippen LogP contribution is -2.35. The maximum absolute atomic E-state index is 6.34. The number of hydrogen-bond acceptors (Lipinski definition) is 3. The van der Waals surface area contributed by atoms with Gasteiger partial charge in [0, 0.05) is 28.6 Å². The van der Waals surface area contributed by atoms with Gasteiger partial charge in [-0.3, -0.25) is 4.98 Å². The van der Waals surface area contributed by atoms with Gasteiger partial charge in [-0.2, -0.15) is 0 Å². The number of benzene rings is 1. The first-order chi connectivity index (χ1) is 14.8. The maximum Gasteiger partial charge on any atom is 0.170 e. The fourth-order valence-electron chi connectivity index (χ4n) is 4.55. The summed E-state index contributed by atoms with van der Waals surface area (Å²) in [6.45, 7) is 8.58. The summed E-state index contributed by atoms with van der Waals surface area (Å²) >= 11 is 12.1. The van der Waals surface area contributed by atoms with Gasteiger partial charge in [-0.15, -0.1) is 0 Å². The van der Waals surface area contributed by atoms with Crippen LogP contribution in [0.3, 0.4) is 0 Å². The summed E-state index contributed by atoms with van der Waals surface area (Å²) < 4.78 is 7.84. The third-order valence-electron chi connectivity index (χ3n) is 5.86. The van der Waals surface area contributed by atoms with E-state index >= 15 is 0 Å². The Morgan fingerprint density at radius 3 is 2.58 bits per heavy atom. The highest BCUT2D eigenvalue weighted by atomic mass is 35.5. The summed E-state index contributed by atoms with van der Waals surface area (Å²) in [5.41, 5.74) is 5.34. The van der Waals surface area contributed by atoms with Crippen LogP contribution in [0.5, 0.6) is 5.75 Å². The molecule has 7 heteroatoms. The molecule has 2 unspecified atom stereocenters. The van der Waals surface area contributed by atoms with Crippen LogP contribution in [0.15, 0.2) is 48.7 Å². The molecule has 0 radical (unpaired) electrons. The first-order valence-corrected chi connectivity index (χ1v) is 11.1. The number of halogens is 1. The third-order valence-corrected chi connectivity index (χ3v) is 6.43. The van der Waals surface area contributed by atoms with Crippen molar-refractivity contribution in [1.82, 2.24) is 19.8 Å². The van der Waals surface area contributed by atoms with Gasteiger partial charge in [0.05, 0.1) is 30.6 Å². The molecule has 1 saturated heterocycles. The van der Waals surface area contributed by atoms with Gasteiger partial charge >= 0.3 is 0 Å². The topological polar surface area (TPSA) is 42.3 Å². The zero-order valence-electron chi connectivity index (χ0n) is 18.4. The summed E-state index contributed by atoms with van der Waals surface area (Å²) in [5, 5.41) is 4.94. The van der Waals surface area contributed by atoms with E-state index in [0.29, 0.717) is 5.02 Å². The highest BCUT2D eigenvalue weighted by Crippen LogP contribution is 2.43. The lowest BCUT2D eigenvalue weighted by atomic mass is 9.96. The highest BCUT2D eigenvalue weighted by Gasteiger charge is 2.42. The molecule has 162 valence electrons. The first kappa shape index (κ1) is 21.7. The number of methoxy groups -OCH3 is 1. The monoisotopic (exact) mass is 454 g/mol. The van der Waals surface area contributed by atoms with E-state index in [1.54, 1.807) is 7.11 Å². The van der Waals surface area contributed by atoms with Crippen molar-refractivity contribution in [2.24, 2.45) is 0 Å². The predicted octanol–water partition coefficient (Wildman–Crippen LogP) is 5.53. The molecule has 5 nitrogen and oxygen atoms in total. The smallest absolute Gasteiger partial charge is 0.170 e. The molecule has 3 aromatic rings. The second kappa shape index (κ2) is 8.52. The molecule has 1 aromatic carbocycles. The van der Waals surface area contributed by atoms with Crippen LogP contribution in [0, 0.1) is 13.8 Å². The molecule has 0 saturated carbocycles. The van der Waals surface area contributed by atoms with Gasteiger partial charge in [0.2, 0.25) is 0 Å². The molecule has 0 bridgehead atoms. The number of nitrogens with one attached hydrogen (secondary N) is 1. The van der Waals surface area contributed by atoms with Gasteiger partial charge in [0.15, 0.2) is 5.11 Å². The summed E-state index contributed by atoms with van der Waals surface area (Å²) in [6, 6.07) is 14.2. The molecule has 2 aromatic heterocycles. The Morgan fingerprint density at radius 2 is 1.94 bits per heavy atom. The Kier molecular flexibility index (Phi) is 5.95. The van der Waals surface area contributed by atoms with E-state index in [1.807, 2.05) is 36.5 Å². The third kappa shape index (κ3) is 3.79. The van der Waals surface area contributed by atoms with E-state index in [-0.39, 0.29) is 18.1 Å². The van der Waals surface area contributed by atoms with Gasteiger partial charge < -0.3 is 19.5 Å². The van der Waals surface area contributed by atoms with Crippen LogP contribution in [0.2, 0.25) is 5.02 Å². The minimum absolute atomic E-state index is 0.0209. The number of nitrogens with zero attached hydrogens (tertiary/aromatic N) is 3. The Morgan fingerprint density at radius 1 is 1.16 bits per heavy atom. The zero-order chi connectivity index (χ0) is 22.3. The first-order valence-electron chi connectivity index (χ1n) is 10.4. The van der Waals surface area contributed by atoms with E-state index in [2.05, 4.69) is 59.6 Å². The molecule has 31 heavy (non-hydrogen) atoms. The maximum atomic E-state index is 6.34. The SMILES string of the molecule is COc1ccc(Cl)cc1-n1c(C)cc(C2C(c3ccccn3)NC(=S)N2C(C)C)c1C. The molecule has 2 atom stereocenters. The van der Waals surface area contributed by atoms with Crippen molar-refractivity contribution >= 4 is 28.9 Å². The lowest BCUT2D eigenvalue weighted by molar-refractivity contribution is 0.269. The van der Waals surface area contributed by atoms with Crippen LogP contribution in [0.1, 0.15) is 48.6 Å². The van der Waals surface area contributed by atoms with E-state index in [0.717, 1.165) is 33.6 Å². The fraction of sp³-hybridized carbons (Fsp3) is 0.333.